The highest BCUT2D eigenvalue weighted by molar-refractivity contribution is 5.89. The van der Waals surface area contributed by atoms with E-state index in [2.05, 4.69) is 10.6 Å². The molecule has 0 bridgehead atoms. The second-order valence-corrected chi connectivity index (χ2v) is 15.1. The smallest absolute Gasteiger partial charge is 0.377 e. The molecular formula is C44H62F9N3O12. The highest BCUT2D eigenvalue weighted by atomic mass is 19.4. The lowest BCUT2D eigenvalue weighted by molar-refractivity contribution is -0.235. The first-order valence-corrected chi connectivity index (χ1v) is 21.6. The van der Waals surface area contributed by atoms with E-state index in [4.69, 9.17) is 42.6 Å². The molecule has 0 aliphatic heterocycles. The Morgan fingerprint density at radius 3 is 1.06 bits per heavy atom. The summed E-state index contributed by atoms with van der Waals surface area (Å²) in [7, 11) is 0. The van der Waals surface area contributed by atoms with Crippen molar-refractivity contribution in [3.05, 3.63) is 71.8 Å². The number of rotatable bonds is 39. The van der Waals surface area contributed by atoms with Crippen molar-refractivity contribution in [3.8, 4) is 0 Å². The van der Waals surface area contributed by atoms with E-state index in [0.717, 1.165) is 11.1 Å². The summed E-state index contributed by atoms with van der Waals surface area (Å²) in [5.74, 6) is -3.01. The van der Waals surface area contributed by atoms with Crippen LogP contribution >= 0.6 is 0 Å². The average molecular weight is 996 g/mol. The summed E-state index contributed by atoms with van der Waals surface area (Å²) in [6, 6.07) is 19.3. The number of ether oxygens (including phenoxy) is 9. The Labute approximate surface area is 389 Å². The number of halogens is 9. The molecule has 15 nitrogen and oxygen atoms in total. The lowest BCUT2D eigenvalue weighted by Gasteiger charge is -2.35. The Morgan fingerprint density at radius 2 is 0.735 bits per heavy atom. The molecule has 0 atom stereocenters. The van der Waals surface area contributed by atoms with Gasteiger partial charge in [0, 0.05) is 18.5 Å². The molecule has 2 N–H and O–H groups in total. The van der Waals surface area contributed by atoms with Crippen LogP contribution in [0.3, 0.4) is 0 Å². The standard InChI is InChI=1S/C44H62F9N3O12/c45-42(46,47)32-41(33-43(48,49)50,34-44(51,52)53)35-68-31-40(59)56(27-38(57)54-11-13-60-15-17-62-19-21-64-23-25-66-29-36-7-3-1-4-8-36)28-39(58)55-12-14-61-16-18-63-20-22-65-24-26-67-30-37-9-5-2-6-10-37/h1-10H,11-35H2,(H,54,57)(H,55,58). The fraction of sp³-hybridized carbons (Fsp3) is 0.659. The van der Waals surface area contributed by atoms with Crippen molar-refractivity contribution in [2.75, 3.05) is 132 Å². The second kappa shape index (κ2) is 34.2. The summed E-state index contributed by atoms with van der Waals surface area (Å²) in [6.45, 7) is -0.773. The van der Waals surface area contributed by atoms with E-state index >= 15 is 0 Å². The largest absolute Gasteiger partial charge is 0.389 e. The van der Waals surface area contributed by atoms with Crippen LogP contribution in [0.5, 0.6) is 0 Å². The predicted octanol–water partition coefficient (Wildman–Crippen LogP) is 5.44. The molecule has 0 heterocycles. The van der Waals surface area contributed by atoms with Gasteiger partial charge in [0.1, 0.15) is 19.7 Å². The summed E-state index contributed by atoms with van der Waals surface area (Å²) < 4.78 is 168. The van der Waals surface area contributed by atoms with Gasteiger partial charge in [0.2, 0.25) is 17.7 Å². The molecule has 0 fully saturated rings. The Hall–Kier alpha value is -4.14. The van der Waals surface area contributed by atoms with Crippen LogP contribution in [0.1, 0.15) is 30.4 Å². The van der Waals surface area contributed by atoms with Gasteiger partial charge in [-0.05, 0) is 11.1 Å². The van der Waals surface area contributed by atoms with Crippen LogP contribution in [0.4, 0.5) is 39.5 Å². The highest BCUT2D eigenvalue weighted by Crippen LogP contribution is 2.48. The van der Waals surface area contributed by atoms with Crippen molar-refractivity contribution in [1.82, 2.24) is 15.5 Å². The van der Waals surface area contributed by atoms with Gasteiger partial charge < -0.3 is 58.2 Å². The zero-order valence-electron chi connectivity index (χ0n) is 37.7. The van der Waals surface area contributed by atoms with Gasteiger partial charge in [0.15, 0.2) is 0 Å². The van der Waals surface area contributed by atoms with Crippen molar-refractivity contribution in [2.45, 2.75) is 51.0 Å². The Balaban J connectivity index is 1.76. The Bertz CT molecular complexity index is 1510. The van der Waals surface area contributed by atoms with E-state index < -0.39 is 87.2 Å². The van der Waals surface area contributed by atoms with E-state index in [0.29, 0.717) is 57.8 Å². The Kier molecular flexibility index (Phi) is 30.2. The lowest BCUT2D eigenvalue weighted by Crippen LogP contribution is -2.48. The zero-order valence-corrected chi connectivity index (χ0v) is 37.7. The number of carbonyl (C=O) groups excluding carboxylic acids is 3. The lowest BCUT2D eigenvalue weighted by atomic mass is 9.78. The van der Waals surface area contributed by atoms with Gasteiger partial charge in [-0.25, -0.2) is 0 Å². The molecule has 0 spiro atoms. The number of nitrogens with zero attached hydrogens (tertiary/aromatic N) is 1. The quantitative estimate of drug-likeness (QED) is 0.0646. The first-order valence-electron chi connectivity index (χ1n) is 21.6. The van der Waals surface area contributed by atoms with Crippen molar-refractivity contribution < 1.29 is 96.5 Å². The zero-order chi connectivity index (χ0) is 50.0. The number of hydrogen-bond acceptors (Lipinski definition) is 12. The van der Waals surface area contributed by atoms with Crippen molar-refractivity contribution in [1.29, 1.82) is 0 Å². The van der Waals surface area contributed by atoms with Crippen molar-refractivity contribution >= 4 is 17.7 Å². The molecule has 0 aromatic heterocycles. The summed E-state index contributed by atoms with van der Waals surface area (Å²) in [6.07, 6.45) is -24.0. The van der Waals surface area contributed by atoms with Gasteiger partial charge in [0.05, 0.1) is 132 Å². The summed E-state index contributed by atoms with van der Waals surface area (Å²) in [5.41, 5.74) is -1.48. The topological polar surface area (TPSA) is 162 Å². The van der Waals surface area contributed by atoms with Crippen LogP contribution in [0.25, 0.3) is 0 Å². The summed E-state index contributed by atoms with van der Waals surface area (Å²) in [4.78, 5) is 39.2. The number of amides is 3. The number of benzene rings is 2. The molecule has 388 valence electrons. The van der Waals surface area contributed by atoms with Crippen LogP contribution in [0.15, 0.2) is 60.7 Å². The predicted molar refractivity (Wildman–Crippen MR) is 225 cm³/mol. The van der Waals surface area contributed by atoms with Gasteiger partial charge in [-0.3, -0.25) is 14.4 Å². The van der Waals surface area contributed by atoms with E-state index in [9.17, 15) is 53.9 Å². The molecule has 0 aliphatic rings. The SMILES string of the molecule is O=C(CN(CC(=O)NCCOCCOCCOCCOCc1ccccc1)C(=O)COCC(CC(F)(F)F)(CC(F)(F)F)CC(F)(F)F)NCCOCCOCCOCCOCc1ccccc1. The first-order chi connectivity index (χ1) is 32.3. The number of nitrogens with one attached hydrogen (secondary N) is 2. The van der Waals surface area contributed by atoms with E-state index in [1.165, 1.54) is 0 Å². The van der Waals surface area contributed by atoms with Crippen LogP contribution in [-0.2, 0) is 70.2 Å². The van der Waals surface area contributed by atoms with Crippen molar-refractivity contribution in [3.63, 3.8) is 0 Å². The Morgan fingerprint density at radius 1 is 0.426 bits per heavy atom. The van der Waals surface area contributed by atoms with Crippen LogP contribution in [0, 0.1) is 5.41 Å². The monoisotopic (exact) mass is 995 g/mol. The van der Waals surface area contributed by atoms with Crippen LogP contribution in [-0.4, -0.2) is 173 Å². The van der Waals surface area contributed by atoms with Gasteiger partial charge in [-0.2, -0.15) is 39.5 Å². The normalized spacial score (nSPS) is 12.3. The molecule has 0 aliphatic carbocycles. The van der Waals surface area contributed by atoms with Gasteiger partial charge in [-0.15, -0.1) is 0 Å². The van der Waals surface area contributed by atoms with Gasteiger partial charge in [-0.1, -0.05) is 60.7 Å². The average Bonchev–Trinajstić information content (AvgIpc) is 3.25. The minimum absolute atomic E-state index is 0.0224. The van der Waals surface area contributed by atoms with E-state index in [1.54, 1.807) is 0 Å². The maximum absolute atomic E-state index is 13.3. The third-order valence-electron chi connectivity index (χ3n) is 8.97. The third kappa shape index (κ3) is 33.4. The molecule has 2 rings (SSSR count). The highest BCUT2D eigenvalue weighted by Gasteiger charge is 2.54. The molecule has 24 heteroatoms. The first kappa shape index (κ1) is 60.0. The number of carbonyl (C=O) groups is 3. The van der Waals surface area contributed by atoms with E-state index in [1.807, 2.05) is 60.7 Å². The minimum Gasteiger partial charge on any atom is -0.377 e. The van der Waals surface area contributed by atoms with Gasteiger partial charge in [0.25, 0.3) is 0 Å². The van der Waals surface area contributed by atoms with E-state index in [-0.39, 0.29) is 65.9 Å². The second-order valence-electron chi connectivity index (χ2n) is 15.1. The molecule has 2 aromatic carbocycles. The third-order valence-corrected chi connectivity index (χ3v) is 8.97. The molecule has 0 saturated heterocycles. The maximum Gasteiger partial charge on any atom is 0.389 e. The van der Waals surface area contributed by atoms with Crippen LogP contribution in [0.2, 0.25) is 0 Å². The summed E-state index contributed by atoms with van der Waals surface area (Å²) in [5, 5.41) is 4.85. The number of alkyl halides is 9. The van der Waals surface area contributed by atoms with Gasteiger partial charge >= 0.3 is 18.5 Å². The molecular weight excluding hydrogens is 933 g/mol. The fourth-order valence-electron chi connectivity index (χ4n) is 6.13. The van der Waals surface area contributed by atoms with Crippen molar-refractivity contribution in [2.24, 2.45) is 5.41 Å². The number of hydrogen-bond donors (Lipinski definition) is 2. The molecule has 3 amide bonds. The molecule has 0 radical (unpaired) electrons. The molecule has 0 unspecified atom stereocenters. The molecule has 2 aromatic rings. The fourth-order valence-corrected chi connectivity index (χ4v) is 6.13. The maximum atomic E-state index is 13.3. The molecule has 68 heavy (non-hydrogen) atoms. The molecule has 0 saturated carbocycles. The van der Waals surface area contributed by atoms with Crippen LogP contribution < -0.4 is 10.6 Å². The minimum atomic E-state index is -5.47. The summed E-state index contributed by atoms with van der Waals surface area (Å²) >= 11 is 0.